The van der Waals surface area contributed by atoms with Crippen LogP contribution < -0.4 is 0 Å². The zero-order chi connectivity index (χ0) is 30.5. The number of fused-ring (bicyclic) bond motifs is 5. The van der Waals surface area contributed by atoms with Gasteiger partial charge in [0.05, 0.1) is 22.1 Å². The lowest BCUT2D eigenvalue weighted by molar-refractivity contribution is 1.11. The Labute approximate surface area is 267 Å². The molecule has 0 atom stereocenters. The maximum absolute atomic E-state index is 5.12. The molecule has 0 unspecified atom stereocenters. The molecule has 0 amide bonds. The van der Waals surface area contributed by atoms with E-state index in [1.807, 2.05) is 0 Å². The standard InChI is InChI=1S/C43H29N3/c1-4-15-30(16-5-1)35-28-37(32-19-8-3-9-20-32)38(29-36(35)31-17-6-2-7-18-31)33-21-14-22-34(27-33)45-41-25-12-13-26-42(41)46-40-24-11-10-23-39(40)44-43(45)46/h1-29H. The van der Waals surface area contributed by atoms with Crippen molar-refractivity contribution in [3.05, 3.63) is 176 Å². The molecule has 0 fully saturated rings. The zero-order valence-electron chi connectivity index (χ0n) is 25.1. The van der Waals surface area contributed by atoms with Crippen molar-refractivity contribution in [2.75, 3.05) is 0 Å². The summed E-state index contributed by atoms with van der Waals surface area (Å²) in [4.78, 5) is 5.12. The van der Waals surface area contributed by atoms with Gasteiger partial charge in [0.2, 0.25) is 5.78 Å². The Kier molecular flexibility index (Phi) is 6.14. The van der Waals surface area contributed by atoms with Crippen molar-refractivity contribution in [3.63, 3.8) is 0 Å². The molecule has 2 heterocycles. The molecule has 7 aromatic carbocycles. The summed E-state index contributed by atoms with van der Waals surface area (Å²) >= 11 is 0. The molecule has 3 heteroatoms. The predicted octanol–water partition coefficient (Wildman–Crippen LogP) is 11.1. The number of hydrogen-bond donors (Lipinski definition) is 0. The van der Waals surface area contributed by atoms with Crippen LogP contribution in [-0.2, 0) is 0 Å². The lowest BCUT2D eigenvalue weighted by Gasteiger charge is -2.19. The number of imidazole rings is 2. The molecular weight excluding hydrogens is 558 g/mol. The van der Waals surface area contributed by atoms with Crippen LogP contribution in [0.5, 0.6) is 0 Å². The highest BCUT2D eigenvalue weighted by Crippen LogP contribution is 2.42. The van der Waals surface area contributed by atoms with Gasteiger partial charge in [0.1, 0.15) is 0 Å². The van der Waals surface area contributed by atoms with Crippen molar-refractivity contribution in [2.24, 2.45) is 0 Å². The molecule has 0 radical (unpaired) electrons. The van der Waals surface area contributed by atoms with Gasteiger partial charge in [-0.3, -0.25) is 8.97 Å². The Morgan fingerprint density at radius 3 is 1.39 bits per heavy atom. The van der Waals surface area contributed by atoms with E-state index >= 15 is 0 Å². The Hall–Kier alpha value is -6.19. The normalized spacial score (nSPS) is 11.5. The molecule has 0 saturated heterocycles. The van der Waals surface area contributed by atoms with Crippen molar-refractivity contribution in [2.45, 2.75) is 0 Å². The van der Waals surface area contributed by atoms with Gasteiger partial charge in [0.25, 0.3) is 0 Å². The van der Waals surface area contributed by atoms with Gasteiger partial charge in [-0.25, -0.2) is 4.98 Å². The maximum atomic E-state index is 5.12. The van der Waals surface area contributed by atoms with Crippen molar-refractivity contribution in [3.8, 4) is 50.2 Å². The molecule has 0 N–H and O–H groups in total. The molecule has 216 valence electrons. The first-order chi connectivity index (χ1) is 22.8. The smallest absolute Gasteiger partial charge is 0.220 e. The molecule has 9 aromatic rings. The highest BCUT2D eigenvalue weighted by Gasteiger charge is 2.19. The Balaban J connectivity index is 1.32. The third-order valence-electron chi connectivity index (χ3n) is 8.93. The van der Waals surface area contributed by atoms with Gasteiger partial charge >= 0.3 is 0 Å². The van der Waals surface area contributed by atoms with Gasteiger partial charge < -0.3 is 0 Å². The van der Waals surface area contributed by atoms with E-state index in [1.54, 1.807) is 0 Å². The van der Waals surface area contributed by atoms with E-state index in [2.05, 4.69) is 185 Å². The summed E-state index contributed by atoms with van der Waals surface area (Å²) in [7, 11) is 0. The summed E-state index contributed by atoms with van der Waals surface area (Å²) in [6, 6.07) is 62.8. The Bertz CT molecular complexity index is 2510. The number of hydrogen-bond acceptors (Lipinski definition) is 1. The number of benzene rings is 7. The second kappa shape index (κ2) is 10.8. The summed E-state index contributed by atoms with van der Waals surface area (Å²) in [5, 5.41) is 0. The number of nitrogens with zero attached hydrogens (tertiary/aromatic N) is 3. The van der Waals surface area contributed by atoms with Crippen LogP contribution >= 0.6 is 0 Å². The van der Waals surface area contributed by atoms with Crippen LogP contribution in [0.3, 0.4) is 0 Å². The summed E-state index contributed by atoms with van der Waals surface area (Å²) in [6.07, 6.45) is 0. The van der Waals surface area contributed by atoms with Gasteiger partial charge in [-0.2, -0.15) is 0 Å². The Morgan fingerprint density at radius 2 is 0.804 bits per heavy atom. The minimum atomic E-state index is 0.909. The highest BCUT2D eigenvalue weighted by molar-refractivity contribution is 5.96. The van der Waals surface area contributed by atoms with Crippen LogP contribution in [-0.4, -0.2) is 14.0 Å². The summed E-state index contributed by atoms with van der Waals surface area (Å²) in [5.41, 5.74) is 15.0. The zero-order valence-corrected chi connectivity index (χ0v) is 25.1. The largest absolute Gasteiger partial charge is 0.278 e. The topological polar surface area (TPSA) is 22.2 Å². The summed E-state index contributed by atoms with van der Waals surface area (Å²) in [5.74, 6) is 0.909. The monoisotopic (exact) mass is 587 g/mol. The van der Waals surface area contributed by atoms with Crippen LogP contribution in [0.15, 0.2) is 176 Å². The van der Waals surface area contributed by atoms with E-state index in [9.17, 15) is 0 Å². The highest BCUT2D eigenvalue weighted by atomic mass is 15.2. The van der Waals surface area contributed by atoms with Crippen molar-refractivity contribution in [1.82, 2.24) is 14.0 Å². The average molecular weight is 588 g/mol. The summed E-state index contributed by atoms with van der Waals surface area (Å²) in [6.45, 7) is 0. The number of rotatable bonds is 5. The van der Waals surface area contributed by atoms with E-state index in [1.165, 1.54) is 38.9 Å². The SMILES string of the molecule is c1ccc(-c2cc(-c3ccccc3)c(-c3cccc(-n4c5ccccc5n5c6ccccc6nc45)c3)cc2-c2ccccc2)cc1. The van der Waals surface area contributed by atoms with E-state index in [4.69, 9.17) is 4.98 Å². The third kappa shape index (κ3) is 4.25. The van der Waals surface area contributed by atoms with Crippen molar-refractivity contribution >= 4 is 27.8 Å². The van der Waals surface area contributed by atoms with Crippen molar-refractivity contribution < 1.29 is 0 Å². The second-order valence-electron chi connectivity index (χ2n) is 11.7. The van der Waals surface area contributed by atoms with Crippen LogP contribution in [0.4, 0.5) is 0 Å². The molecule has 2 aromatic heterocycles. The van der Waals surface area contributed by atoms with E-state index in [0.29, 0.717) is 0 Å². The van der Waals surface area contributed by atoms with Gasteiger partial charge in [-0.05, 0) is 93.0 Å². The van der Waals surface area contributed by atoms with Crippen LogP contribution in [0, 0.1) is 0 Å². The molecule has 0 saturated carbocycles. The van der Waals surface area contributed by atoms with Gasteiger partial charge in [0.15, 0.2) is 0 Å². The van der Waals surface area contributed by atoms with Crippen LogP contribution in [0.25, 0.3) is 78.0 Å². The molecular formula is C43H29N3. The quantitative estimate of drug-likeness (QED) is 0.196. The van der Waals surface area contributed by atoms with E-state index in [0.717, 1.165) is 39.1 Å². The van der Waals surface area contributed by atoms with Gasteiger partial charge in [0, 0.05) is 5.69 Å². The van der Waals surface area contributed by atoms with Crippen LogP contribution in [0.1, 0.15) is 0 Å². The fourth-order valence-corrected chi connectivity index (χ4v) is 6.83. The first-order valence-corrected chi connectivity index (χ1v) is 15.7. The summed E-state index contributed by atoms with van der Waals surface area (Å²) < 4.78 is 4.56. The molecule has 3 nitrogen and oxygen atoms in total. The molecule has 0 bridgehead atoms. The maximum Gasteiger partial charge on any atom is 0.220 e. The predicted molar refractivity (Wildman–Crippen MR) is 191 cm³/mol. The molecule has 0 aliphatic heterocycles. The minimum absolute atomic E-state index is 0.909. The second-order valence-corrected chi connectivity index (χ2v) is 11.7. The lowest BCUT2D eigenvalue weighted by atomic mass is 9.85. The first kappa shape index (κ1) is 26.2. The first-order valence-electron chi connectivity index (χ1n) is 15.7. The third-order valence-corrected chi connectivity index (χ3v) is 8.93. The van der Waals surface area contributed by atoms with Gasteiger partial charge in [-0.1, -0.05) is 127 Å². The fraction of sp³-hybridized carbons (Fsp3) is 0. The van der Waals surface area contributed by atoms with Crippen LogP contribution in [0.2, 0.25) is 0 Å². The number of para-hydroxylation sites is 4. The minimum Gasteiger partial charge on any atom is -0.278 e. The number of aromatic nitrogens is 3. The van der Waals surface area contributed by atoms with Gasteiger partial charge in [-0.15, -0.1) is 0 Å². The molecule has 46 heavy (non-hydrogen) atoms. The lowest BCUT2D eigenvalue weighted by Crippen LogP contribution is -1.97. The molecule has 0 spiro atoms. The molecule has 0 aliphatic rings. The van der Waals surface area contributed by atoms with Crippen molar-refractivity contribution in [1.29, 1.82) is 0 Å². The van der Waals surface area contributed by atoms with E-state index in [-0.39, 0.29) is 0 Å². The molecule has 0 aliphatic carbocycles. The Morgan fingerprint density at radius 1 is 0.348 bits per heavy atom. The molecule has 9 rings (SSSR count). The van der Waals surface area contributed by atoms with E-state index < -0.39 is 0 Å². The average Bonchev–Trinajstić information content (AvgIpc) is 3.67. The fourth-order valence-electron chi connectivity index (χ4n) is 6.83.